The van der Waals surface area contributed by atoms with Crippen molar-refractivity contribution in [1.82, 2.24) is 0 Å². The summed E-state index contributed by atoms with van der Waals surface area (Å²) in [5.74, 6) is -0.914. The SMILES string of the molecule is CC/C=C\C/C=C\C/C=C\C/C=C\CCCCCCCCC(=O)OC(COC(=O)CCCCCC/C=C\C/C=C\C/C=C\C/C=C\CC)COC(=O)CCCCCCCCCCCCCCCCCCCCCCCCCCCC. The lowest BCUT2D eigenvalue weighted by Crippen LogP contribution is -2.30. The summed E-state index contributed by atoms with van der Waals surface area (Å²) < 4.78 is 16.9. The van der Waals surface area contributed by atoms with E-state index in [2.05, 4.69) is 118 Å². The van der Waals surface area contributed by atoms with E-state index in [4.69, 9.17) is 14.2 Å². The topological polar surface area (TPSA) is 78.9 Å². The molecule has 460 valence electrons. The number of unbranched alkanes of at least 4 members (excludes halogenated alkanes) is 35. The minimum atomic E-state index is -0.797. The molecule has 0 aliphatic heterocycles. The van der Waals surface area contributed by atoms with Crippen LogP contribution >= 0.6 is 0 Å². The Hall–Kier alpha value is -3.67. The van der Waals surface area contributed by atoms with Crippen LogP contribution in [0, 0.1) is 0 Å². The van der Waals surface area contributed by atoms with Crippen LogP contribution in [0.1, 0.15) is 335 Å². The Labute approximate surface area is 496 Å². The minimum absolute atomic E-state index is 0.0894. The lowest BCUT2D eigenvalue weighted by molar-refractivity contribution is -0.167. The van der Waals surface area contributed by atoms with Crippen LogP contribution in [0.25, 0.3) is 0 Å². The van der Waals surface area contributed by atoms with Gasteiger partial charge in [-0.1, -0.05) is 317 Å². The monoisotopic (exact) mass is 1110 g/mol. The molecule has 0 saturated heterocycles. The summed E-state index contributed by atoms with van der Waals surface area (Å²) in [4.78, 5) is 38.4. The normalized spacial score (nSPS) is 12.7. The van der Waals surface area contributed by atoms with Crippen LogP contribution in [0.2, 0.25) is 0 Å². The number of allylic oxidation sites excluding steroid dienone is 16. The molecular weight excluding hydrogens is 985 g/mol. The smallest absolute Gasteiger partial charge is 0.306 e. The third-order valence-corrected chi connectivity index (χ3v) is 14.8. The van der Waals surface area contributed by atoms with Crippen LogP contribution in [0.15, 0.2) is 97.2 Å². The second-order valence-electron chi connectivity index (χ2n) is 22.7. The highest BCUT2D eigenvalue weighted by molar-refractivity contribution is 5.71. The summed E-state index contributed by atoms with van der Waals surface area (Å²) in [7, 11) is 0. The van der Waals surface area contributed by atoms with E-state index in [1.54, 1.807) is 0 Å². The van der Waals surface area contributed by atoms with E-state index in [1.807, 2.05) is 0 Å². The minimum Gasteiger partial charge on any atom is -0.462 e. The fourth-order valence-corrected chi connectivity index (χ4v) is 9.78. The largest absolute Gasteiger partial charge is 0.462 e. The van der Waals surface area contributed by atoms with Gasteiger partial charge in [-0.2, -0.15) is 0 Å². The zero-order valence-corrected chi connectivity index (χ0v) is 52.8. The summed E-state index contributed by atoms with van der Waals surface area (Å²) in [6.45, 7) is 6.43. The van der Waals surface area contributed by atoms with Gasteiger partial charge in [0.2, 0.25) is 0 Å². The molecule has 0 spiro atoms. The molecule has 0 aromatic heterocycles. The Balaban J connectivity index is 4.35. The lowest BCUT2D eigenvalue weighted by atomic mass is 10.0. The van der Waals surface area contributed by atoms with Gasteiger partial charge in [0.15, 0.2) is 6.10 Å². The maximum atomic E-state index is 12.9. The van der Waals surface area contributed by atoms with E-state index < -0.39 is 6.10 Å². The fourth-order valence-electron chi connectivity index (χ4n) is 9.78. The third-order valence-electron chi connectivity index (χ3n) is 14.8. The van der Waals surface area contributed by atoms with Gasteiger partial charge >= 0.3 is 17.9 Å². The van der Waals surface area contributed by atoms with Gasteiger partial charge in [-0.25, -0.2) is 0 Å². The van der Waals surface area contributed by atoms with Crippen molar-refractivity contribution in [3.8, 4) is 0 Å². The molecule has 0 aliphatic rings. The first-order valence-corrected chi connectivity index (χ1v) is 34.2. The van der Waals surface area contributed by atoms with Crippen LogP contribution in [-0.4, -0.2) is 37.2 Å². The molecule has 0 amide bonds. The number of hydrogen-bond acceptors (Lipinski definition) is 6. The number of esters is 3. The summed E-state index contributed by atoms with van der Waals surface area (Å²) in [6.07, 6.45) is 91.5. The molecule has 0 bridgehead atoms. The van der Waals surface area contributed by atoms with Crippen LogP contribution in [0.5, 0.6) is 0 Å². The molecule has 1 atom stereocenters. The van der Waals surface area contributed by atoms with E-state index in [-0.39, 0.29) is 31.1 Å². The van der Waals surface area contributed by atoms with Gasteiger partial charge in [0, 0.05) is 19.3 Å². The Morgan fingerprint density at radius 3 is 0.762 bits per heavy atom. The van der Waals surface area contributed by atoms with Crippen molar-refractivity contribution in [2.45, 2.75) is 341 Å². The Kier molecular flexibility index (Phi) is 64.7. The number of carbonyl (C=O) groups is 3. The van der Waals surface area contributed by atoms with Crippen molar-refractivity contribution in [3.05, 3.63) is 97.2 Å². The quantitative estimate of drug-likeness (QED) is 0.0261. The van der Waals surface area contributed by atoms with E-state index in [1.165, 1.54) is 161 Å². The van der Waals surface area contributed by atoms with Crippen molar-refractivity contribution >= 4 is 17.9 Å². The van der Waals surface area contributed by atoms with Crippen molar-refractivity contribution in [3.63, 3.8) is 0 Å². The molecule has 1 unspecified atom stereocenters. The zero-order chi connectivity index (χ0) is 57.8. The molecule has 0 heterocycles. The van der Waals surface area contributed by atoms with E-state index in [9.17, 15) is 14.4 Å². The Morgan fingerprint density at radius 1 is 0.263 bits per heavy atom. The highest BCUT2D eigenvalue weighted by Crippen LogP contribution is 2.18. The molecule has 80 heavy (non-hydrogen) atoms. The molecule has 0 saturated carbocycles. The number of ether oxygens (including phenoxy) is 3. The van der Waals surface area contributed by atoms with Crippen LogP contribution in [-0.2, 0) is 28.6 Å². The first kappa shape index (κ1) is 76.3. The van der Waals surface area contributed by atoms with Crippen molar-refractivity contribution in [2.24, 2.45) is 0 Å². The Morgan fingerprint density at radius 2 is 0.487 bits per heavy atom. The van der Waals surface area contributed by atoms with Crippen LogP contribution in [0.4, 0.5) is 0 Å². The molecule has 0 aromatic carbocycles. The molecule has 0 aliphatic carbocycles. The maximum Gasteiger partial charge on any atom is 0.306 e. The van der Waals surface area contributed by atoms with E-state index >= 15 is 0 Å². The van der Waals surface area contributed by atoms with Gasteiger partial charge in [-0.15, -0.1) is 0 Å². The average molecular weight is 1110 g/mol. The number of rotatable bonds is 62. The summed E-state index contributed by atoms with van der Waals surface area (Å²) in [6, 6.07) is 0. The van der Waals surface area contributed by atoms with Gasteiger partial charge in [0.1, 0.15) is 13.2 Å². The lowest BCUT2D eigenvalue weighted by Gasteiger charge is -2.18. The summed E-state index contributed by atoms with van der Waals surface area (Å²) in [5, 5.41) is 0. The average Bonchev–Trinajstić information content (AvgIpc) is 3.46. The van der Waals surface area contributed by atoms with Crippen molar-refractivity contribution < 1.29 is 28.6 Å². The molecule has 0 radical (unpaired) electrons. The predicted octanol–water partition coefficient (Wildman–Crippen LogP) is 23.6. The van der Waals surface area contributed by atoms with Gasteiger partial charge < -0.3 is 14.2 Å². The van der Waals surface area contributed by atoms with Crippen LogP contribution < -0.4 is 0 Å². The first-order chi connectivity index (χ1) is 39.5. The van der Waals surface area contributed by atoms with E-state index in [0.717, 1.165) is 135 Å². The molecule has 0 fully saturated rings. The first-order valence-electron chi connectivity index (χ1n) is 34.2. The van der Waals surface area contributed by atoms with Gasteiger partial charge in [0.05, 0.1) is 0 Å². The molecule has 6 nitrogen and oxygen atoms in total. The summed E-state index contributed by atoms with van der Waals surface area (Å²) >= 11 is 0. The molecular formula is C74H128O6. The number of hydrogen-bond donors (Lipinski definition) is 0. The van der Waals surface area contributed by atoms with Gasteiger partial charge in [-0.3, -0.25) is 14.4 Å². The zero-order valence-electron chi connectivity index (χ0n) is 52.8. The summed E-state index contributed by atoms with van der Waals surface area (Å²) in [5.41, 5.74) is 0. The standard InChI is InChI=1S/C74H128O6/c1-4-7-10-13-16-19-22-25-28-31-33-34-35-36-37-38-39-41-43-46-49-52-55-58-61-64-67-73(76)79-70-71(69-78-72(75)66-63-60-57-54-51-48-45-42-30-27-24-21-18-15-12-9-6-3)80-74(77)68-65-62-59-56-53-50-47-44-40-32-29-26-23-20-17-14-11-8-5-2/h8-9,11-12,17-18,20-21,26-27,29-30,40,44-45,48,71H,4-7,10,13-16,19,22-25,28,31-39,41-43,46-47,49-70H2,1-3H3/b11-8-,12-9-,20-17-,21-18-,29-26-,30-27-,44-40-,48-45-. The fraction of sp³-hybridized carbons (Fsp3) is 0.743. The van der Waals surface area contributed by atoms with Gasteiger partial charge in [-0.05, 0) is 96.3 Å². The van der Waals surface area contributed by atoms with Gasteiger partial charge in [0.25, 0.3) is 0 Å². The van der Waals surface area contributed by atoms with E-state index in [0.29, 0.717) is 19.3 Å². The van der Waals surface area contributed by atoms with Crippen molar-refractivity contribution in [1.29, 1.82) is 0 Å². The number of carbonyl (C=O) groups excluding carboxylic acids is 3. The predicted molar refractivity (Wildman–Crippen MR) is 348 cm³/mol. The third kappa shape index (κ3) is 65.1. The second kappa shape index (κ2) is 67.8. The second-order valence-corrected chi connectivity index (χ2v) is 22.7. The molecule has 0 rings (SSSR count). The molecule has 0 aromatic rings. The molecule has 0 N–H and O–H groups in total. The van der Waals surface area contributed by atoms with Crippen LogP contribution in [0.3, 0.4) is 0 Å². The Bertz CT molecular complexity index is 1560. The maximum absolute atomic E-state index is 12.9. The van der Waals surface area contributed by atoms with Crippen molar-refractivity contribution in [2.75, 3.05) is 13.2 Å². The molecule has 6 heteroatoms. The highest BCUT2D eigenvalue weighted by Gasteiger charge is 2.19. The highest BCUT2D eigenvalue weighted by atomic mass is 16.6.